The standard InChI is InChI=1S/C25H20N4O3/c1-17-24(19-7-3-2-4-8-19)25(27-22-10-6-5-9-21(22)26-17)28-23(30)16-13-18-11-14-20(15-12-18)29(31)32/h2-16,24H,1H3,(H,27,28,30)/b16-13+/t24-/m0/s1. The van der Waals surface area contributed by atoms with E-state index in [1.807, 2.05) is 61.5 Å². The summed E-state index contributed by atoms with van der Waals surface area (Å²) in [6.45, 7) is 1.92. The van der Waals surface area contributed by atoms with Crippen molar-refractivity contribution in [2.24, 2.45) is 9.98 Å². The van der Waals surface area contributed by atoms with Crippen LogP contribution >= 0.6 is 0 Å². The zero-order chi connectivity index (χ0) is 22.5. The molecule has 1 N–H and O–H groups in total. The molecule has 4 rings (SSSR count). The molecule has 1 amide bonds. The number of amides is 1. The van der Waals surface area contributed by atoms with E-state index in [0.29, 0.717) is 17.1 Å². The van der Waals surface area contributed by atoms with Gasteiger partial charge in [-0.3, -0.25) is 19.9 Å². The van der Waals surface area contributed by atoms with Gasteiger partial charge in [0.2, 0.25) is 5.91 Å². The van der Waals surface area contributed by atoms with Gasteiger partial charge in [0.1, 0.15) is 5.84 Å². The first-order valence-electron chi connectivity index (χ1n) is 10.0. The summed E-state index contributed by atoms with van der Waals surface area (Å²) < 4.78 is 0. The fourth-order valence-corrected chi connectivity index (χ4v) is 3.49. The lowest BCUT2D eigenvalue weighted by Gasteiger charge is -2.18. The first-order valence-corrected chi connectivity index (χ1v) is 10.0. The van der Waals surface area contributed by atoms with E-state index in [0.717, 1.165) is 17.0 Å². The number of fused-ring (bicyclic) bond motifs is 1. The lowest BCUT2D eigenvalue weighted by atomic mass is 9.93. The number of amidine groups is 1. The summed E-state index contributed by atoms with van der Waals surface area (Å²) in [5.41, 5.74) is 3.89. The fourth-order valence-electron chi connectivity index (χ4n) is 3.49. The number of carbonyl (C=O) groups is 1. The number of aliphatic imine (C=N–C) groups is 2. The Morgan fingerprint density at radius 2 is 1.56 bits per heavy atom. The minimum atomic E-state index is -0.462. The molecule has 1 aliphatic heterocycles. The fraction of sp³-hybridized carbons (Fsp3) is 0.0800. The number of benzene rings is 3. The third-order valence-electron chi connectivity index (χ3n) is 5.03. The highest BCUT2D eigenvalue weighted by molar-refractivity contribution is 6.18. The zero-order valence-corrected chi connectivity index (χ0v) is 17.3. The predicted octanol–water partition coefficient (Wildman–Crippen LogP) is 5.34. The molecule has 1 heterocycles. The van der Waals surface area contributed by atoms with Crippen molar-refractivity contribution in [2.75, 3.05) is 0 Å². The molecule has 1 atom stereocenters. The van der Waals surface area contributed by atoms with Crippen molar-refractivity contribution in [1.29, 1.82) is 0 Å². The first-order chi connectivity index (χ1) is 15.5. The minimum Gasteiger partial charge on any atom is -0.310 e. The molecule has 1 aliphatic rings. The summed E-state index contributed by atoms with van der Waals surface area (Å²) >= 11 is 0. The molecule has 0 radical (unpaired) electrons. The molecule has 0 bridgehead atoms. The molecule has 7 nitrogen and oxygen atoms in total. The molecule has 158 valence electrons. The van der Waals surface area contributed by atoms with E-state index in [2.05, 4.69) is 5.32 Å². The Morgan fingerprint density at radius 1 is 0.938 bits per heavy atom. The monoisotopic (exact) mass is 424 g/mol. The number of hydrogen-bond acceptors (Lipinski definition) is 5. The van der Waals surface area contributed by atoms with Gasteiger partial charge >= 0.3 is 0 Å². The van der Waals surface area contributed by atoms with Crippen molar-refractivity contribution in [2.45, 2.75) is 12.8 Å². The average molecular weight is 424 g/mol. The van der Waals surface area contributed by atoms with Gasteiger partial charge in [-0.2, -0.15) is 0 Å². The molecule has 0 saturated carbocycles. The number of carbonyl (C=O) groups excluding carboxylic acids is 1. The van der Waals surface area contributed by atoms with Gasteiger partial charge in [0.15, 0.2) is 0 Å². The predicted molar refractivity (Wildman–Crippen MR) is 126 cm³/mol. The summed E-state index contributed by atoms with van der Waals surface area (Å²) in [7, 11) is 0. The molecular formula is C25H20N4O3. The van der Waals surface area contributed by atoms with Gasteiger partial charge in [0.05, 0.1) is 22.2 Å². The summed E-state index contributed by atoms with van der Waals surface area (Å²) in [4.78, 5) is 32.6. The average Bonchev–Trinajstić information content (AvgIpc) is 2.93. The lowest BCUT2D eigenvalue weighted by molar-refractivity contribution is -0.384. The van der Waals surface area contributed by atoms with Gasteiger partial charge in [-0.15, -0.1) is 0 Å². The van der Waals surface area contributed by atoms with E-state index in [-0.39, 0.29) is 17.5 Å². The van der Waals surface area contributed by atoms with Crippen molar-refractivity contribution in [1.82, 2.24) is 5.32 Å². The molecule has 0 fully saturated rings. The van der Waals surface area contributed by atoms with Crippen molar-refractivity contribution in [3.05, 3.63) is 106 Å². The van der Waals surface area contributed by atoms with Crippen molar-refractivity contribution >= 4 is 40.6 Å². The van der Waals surface area contributed by atoms with Crippen LogP contribution in [0.3, 0.4) is 0 Å². The Balaban J connectivity index is 1.63. The Kier molecular flexibility index (Phi) is 5.98. The van der Waals surface area contributed by atoms with Gasteiger partial charge in [-0.25, -0.2) is 4.99 Å². The van der Waals surface area contributed by atoms with E-state index in [9.17, 15) is 14.9 Å². The number of para-hydroxylation sites is 2. The van der Waals surface area contributed by atoms with E-state index in [1.165, 1.54) is 18.2 Å². The number of nitrogens with one attached hydrogen (secondary N) is 1. The summed E-state index contributed by atoms with van der Waals surface area (Å²) in [5.74, 6) is -0.170. The largest absolute Gasteiger partial charge is 0.310 e. The summed E-state index contributed by atoms with van der Waals surface area (Å²) in [6, 6.07) is 23.3. The molecule has 0 spiro atoms. The molecule has 32 heavy (non-hydrogen) atoms. The molecule has 7 heteroatoms. The molecule has 0 aliphatic carbocycles. The highest BCUT2D eigenvalue weighted by atomic mass is 16.6. The molecule has 0 unspecified atom stereocenters. The van der Waals surface area contributed by atoms with Gasteiger partial charge in [0.25, 0.3) is 5.69 Å². The van der Waals surface area contributed by atoms with Gasteiger partial charge in [0, 0.05) is 23.9 Å². The van der Waals surface area contributed by atoms with Crippen molar-refractivity contribution in [3.63, 3.8) is 0 Å². The van der Waals surface area contributed by atoms with E-state index in [4.69, 9.17) is 9.98 Å². The molecule has 3 aromatic carbocycles. The number of hydrogen-bond donors (Lipinski definition) is 1. The summed E-state index contributed by atoms with van der Waals surface area (Å²) in [6.07, 6.45) is 2.98. The van der Waals surface area contributed by atoms with Crippen LogP contribution in [-0.4, -0.2) is 22.4 Å². The normalized spacial score (nSPS) is 15.3. The van der Waals surface area contributed by atoms with Gasteiger partial charge in [-0.1, -0.05) is 42.5 Å². The third kappa shape index (κ3) is 4.67. The third-order valence-corrected chi connectivity index (χ3v) is 5.03. The molecule has 0 aromatic heterocycles. The smallest absolute Gasteiger partial charge is 0.269 e. The maximum absolute atomic E-state index is 12.7. The second-order valence-electron chi connectivity index (χ2n) is 7.25. The Labute approximate surface area is 185 Å². The molecule has 3 aromatic rings. The first kappa shape index (κ1) is 20.9. The minimum absolute atomic E-state index is 0.00135. The topological polar surface area (TPSA) is 97.0 Å². The van der Waals surface area contributed by atoms with Gasteiger partial charge < -0.3 is 5.32 Å². The van der Waals surface area contributed by atoms with Crippen LogP contribution in [0.4, 0.5) is 17.1 Å². The maximum Gasteiger partial charge on any atom is 0.269 e. The zero-order valence-electron chi connectivity index (χ0n) is 17.3. The van der Waals surface area contributed by atoms with Crippen LogP contribution in [0.15, 0.2) is 94.9 Å². The second kappa shape index (κ2) is 9.18. The Morgan fingerprint density at radius 3 is 2.22 bits per heavy atom. The Bertz CT molecular complexity index is 1250. The highest BCUT2D eigenvalue weighted by Crippen LogP contribution is 2.34. The Hall–Kier alpha value is -4.39. The second-order valence-corrected chi connectivity index (χ2v) is 7.25. The lowest BCUT2D eigenvalue weighted by Crippen LogP contribution is -2.36. The van der Waals surface area contributed by atoms with Crippen LogP contribution < -0.4 is 5.32 Å². The van der Waals surface area contributed by atoms with Crippen LogP contribution in [0.5, 0.6) is 0 Å². The van der Waals surface area contributed by atoms with Crippen molar-refractivity contribution < 1.29 is 9.72 Å². The molecule has 0 saturated heterocycles. The van der Waals surface area contributed by atoms with Crippen LogP contribution in [-0.2, 0) is 4.79 Å². The van der Waals surface area contributed by atoms with Crippen LogP contribution in [0, 0.1) is 10.1 Å². The number of nitro benzene ring substituents is 1. The van der Waals surface area contributed by atoms with Crippen LogP contribution in [0.2, 0.25) is 0 Å². The molecular weight excluding hydrogens is 404 g/mol. The number of non-ortho nitro benzene ring substituents is 1. The number of rotatable bonds is 4. The quantitative estimate of drug-likeness (QED) is 0.347. The van der Waals surface area contributed by atoms with E-state index in [1.54, 1.807) is 18.2 Å². The maximum atomic E-state index is 12.7. The SMILES string of the molecule is CC1=Nc2ccccc2N=C(NC(=O)/C=C/c2ccc([N+](=O)[O-])cc2)[C@@H]1c1ccccc1. The van der Waals surface area contributed by atoms with Crippen LogP contribution in [0.25, 0.3) is 6.08 Å². The van der Waals surface area contributed by atoms with E-state index < -0.39 is 4.92 Å². The van der Waals surface area contributed by atoms with Gasteiger partial charge in [-0.05, 0) is 48.4 Å². The number of nitrogens with zero attached hydrogens (tertiary/aromatic N) is 3. The van der Waals surface area contributed by atoms with Crippen molar-refractivity contribution in [3.8, 4) is 0 Å². The van der Waals surface area contributed by atoms with Crippen LogP contribution in [0.1, 0.15) is 24.0 Å². The van der Waals surface area contributed by atoms with E-state index >= 15 is 0 Å². The number of nitro groups is 1. The summed E-state index contributed by atoms with van der Waals surface area (Å²) in [5, 5.41) is 13.7. The highest BCUT2D eigenvalue weighted by Gasteiger charge is 2.25.